The number of rotatable bonds is 4. The van der Waals surface area contributed by atoms with Crippen molar-refractivity contribution in [2.24, 2.45) is 5.41 Å². The van der Waals surface area contributed by atoms with Crippen molar-refractivity contribution in [3.63, 3.8) is 0 Å². The number of hydrogen-bond donors (Lipinski definition) is 2. The predicted molar refractivity (Wildman–Crippen MR) is 99.9 cm³/mol. The molecular formula is C23H22O2. The zero-order valence-corrected chi connectivity index (χ0v) is 14.2. The lowest BCUT2D eigenvalue weighted by Crippen LogP contribution is -2.27. The molecule has 3 aromatic carbocycles. The third kappa shape index (κ3) is 3.39. The highest BCUT2D eigenvalue weighted by molar-refractivity contribution is 5.38. The Labute approximate surface area is 148 Å². The Kier molecular flexibility index (Phi) is 3.96. The lowest BCUT2D eigenvalue weighted by molar-refractivity contribution is 0.299. The molecule has 0 fully saturated rings. The minimum absolute atomic E-state index is 0.0747. The van der Waals surface area contributed by atoms with Crippen LogP contribution in [0.1, 0.15) is 22.3 Å². The number of benzene rings is 3. The fourth-order valence-corrected chi connectivity index (χ4v) is 4.28. The first-order chi connectivity index (χ1) is 12.1. The number of aromatic hydroxyl groups is 2. The van der Waals surface area contributed by atoms with E-state index >= 15 is 0 Å². The molecule has 4 rings (SSSR count). The van der Waals surface area contributed by atoms with Crippen LogP contribution in [0, 0.1) is 5.41 Å². The molecule has 0 atom stereocenters. The maximum Gasteiger partial charge on any atom is 0.115 e. The number of phenols is 2. The van der Waals surface area contributed by atoms with E-state index in [1.165, 1.54) is 11.1 Å². The van der Waals surface area contributed by atoms with Crippen LogP contribution in [0.4, 0.5) is 0 Å². The van der Waals surface area contributed by atoms with Gasteiger partial charge in [0, 0.05) is 0 Å². The number of hydrogen-bond acceptors (Lipinski definition) is 2. The highest BCUT2D eigenvalue weighted by Crippen LogP contribution is 2.42. The Morgan fingerprint density at radius 3 is 1.56 bits per heavy atom. The highest BCUT2D eigenvalue weighted by atomic mass is 16.3. The van der Waals surface area contributed by atoms with Gasteiger partial charge in [0.25, 0.3) is 0 Å². The first-order valence-corrected chi connectivity index (χ1v) is 8.75. The van der Waals surface area contributed by atoms with Gasteiger partial charge in [-0.25, -0.2) is 0 Å². The first kappa shape index (κ1) is 15.8. The van der Waals surface area contributed by atoms with Crippen molar-refractivity contribution >= 4 is 0 Å². The van der Waals surface area contributed by atoms with Gasteiger partial charge in [-0.1, -0.05) is 48.5 Å². The van der Waals surface area contributed by atoms with E-state index in [4.69, 9.17) is 0 Å². The van der Waals surface area contributed by atoms with Crippen LogP contribution in [0.3, 0.4) is 0 Å². The maximum atomic E-state index is 9.84. The summed E-state index contributed by atoms with van der Waals surface area (Å²) in [5, 5.41) is 19.7. The largest absolute Gasteiger partial charge is 0.508 e. The Bertz CT molecular complexity index is 823. The second-order valence-corrected chi connectivity index (χ2v) is 7.32. The van der Waals surface area contributed by atoms with Crippen molar-refractivity contribution in [1.82, 2.24) is 0 Å². The van der Waals surface area contributed by atoms with Gasteiger partial charge in [0.2, 0.25) is 0 Å². The Morgan fingerprint density at radius 2 is 1.12 bits per heavy atom. The normalized spacial score (nSPS) is 15.0. The Morgan fingerprint density at radius 1 is 0.640 bits per heavy atom. The quantitative estimate of drug-likeness (QED) is 0.730. The standard InChI is InChI=1S/C23H22O2/c24-21-9-3-5-17(11-21)13-23(14-18-6-4-10-22(25)12-18)15-19-7-1-2-8-20(19)16-23/h1-12,24-25H,13-16H2. The van der Waals surface area contributed by atoms with E-state index in [1.807, 2.05) is 24.3 Å². The van der Waals surface area contributed by atoms with Crippen LogP contribution in [0.2, 0.25) is 0 Å². The summed E-state index contributed by atoms with van der Waals surface area (Å²) in [7, 11) is 0. The molecule has 2 heteroatoms. The van der Waals surface area contributed by atoms with E-state index in [9.17, 15) is 10.2 Å². The second kappa shape index (κ2) is 6.29. The fourth-order valence-electron chi connectivity index (χ4n) is 4.28. The molecule has 0 aromatic heterocycles. The molecule has 0 radical (unpaired) electrons. The summed E-state index contributed by atoms with van der Waals surface area (Å²) < 4.78 is 0. The molecule has 0 heterocycles. The van der Waals surface area contributed by atoms with Crippen LogP contribution >= 0.6 is 0 Å². The van der Waals surface area contributed by atoms with E-state index in [0.717, 1.165) is 36.8 Å². The fraction of sp³-hybridized carbons (Fsp3) is 0.217. The van der Waals surface area contributed by atoms with Crippen molar-refractivity contribution in [3.8, 4) is 11.5 Å². The van der Waals surface area contributed by atoms with Gasteiger partial charge in [0.1, 0.15) is 11.5 Å². The molecule has 1 aliphatic carbocycles. The maximum absolute atomic E-state index is 9.84. The van der Waals surface area contributed by atoms with Crippen molar-refractivity contribution in [3.05, 3.63) is 95.1 Å². The van der Waals surface area contributed by atoms with Gasteiger partial charge in [0.15, 0.2) is 0 Å². The van der Waals surface area contributed by atoms with Crippen molar-refractivity contribution in [1.29, 1.82) is 0 Å². The van der Waals surface area contributed by atoms with E-state index in [2.05, 4.69) is 36.4 Å². The summed E-state index contributed by atoms with van der Waals surface area (Å²) in [5.41, 5.74) is 5.23. The Hall–Kier alpha value is -2.74. The van der Waals surface area contributed by atoms with Crippen molar-refractivity contribution in [2.45, 2.75) is 25.7 Å². The smallest absolute Gasteiger partial charge is 0.115 e. The zero-order chi connectivity index (χ0) is 17.3. The highest BCUT2D eigenvalue weighted by Gasteiger charge is 2.37. The molecule has 0 amide bonds. The molecule has 0 saturated carbocycles. The third-order valence-electron chi connectivity index (χ3n) is 5.23. The summed E-state index contributed by atoms with van der Waals surface area (Å²) in [4.78, 5) is 0. The molecule has 2 nitrogen and oxygen atoms in total. The minimum Gasteiger partial charge on any atom is -0.508 e. The van der Waals surface area contributed by atoms with Gasteiger partial charge < -0.3 is 10.2 Å². The molecule has 0 spiro atoms. The van der Waals surface area contributed by atoms with Gasteiger partial charge >= 0.3 is 0 Å². The molecule has 3 aromatic rings. The summed E-state index contributed by atoms with van der Waals surface area (Å²) >= 11 is 0. The van der Waals surface area contributed by atoms with E-state index in [0.29, 0.717) is 11.5 Å². The van der Waals surface area contributed by atoms with Gasteiger partial charge in [-0.05, 0) is 77.6 Å². The average molecular weight is 330 g/mol. The van der Waals surface area contributed by atoms with Crippen LogP contribution in [0.5, 0.6) is 11.5 Å². The molecule has 126 valence electrons. The molecule has 0 saturated heterocycles. The lowest BCUT2D eigenvalue weighted by atomic mass is 9.74. The van der Waals surface area contributed by atoms with Crippen molar-refractivity contribution in [2.75, 3.05) is 0 Å². The van der Waals surface area contributed by atoms with E-state index in [-0.39, 0.29) is 5.41 Å². The van der Waals surface area contributed by atoms with Crippen LogP contribution in [0.25, 0.3) is 0 Å². The summed E-state index contributed by atoms with van der Waals surface area (Å²) in [6.07, 6.45) is 3.86. The number of fused-ring (bicyclic) bond motifs is 1. The van der Waals surface area contributed by atoms with Gasteiger partial charge in [-0.15, -0.1) is 0 Å². The van der Waals surface area contributed by atoms with Gasteiger partial charge in [-0.2, -0.15) is 0 Å². The number of phenolic OH excluding ortho intramolecular Hbond substituents is 2. The van der Waals surface area contributed by atoms with Crippen LogP contribution in [0.15, 0.2) is 72.8 Å². The lowest BCUT2D eigenvalue weighted by Gasteiger charge is -2.30. The topological polar surface area (TPSA) is 40.5 Å². The third-order valence-corrected chi connectivity index (χ3v) is 5.23. The van der Waals surface area contributed by atoms with Crippen LogP contribution < -0.4 is 0 Å². The van der Waals surface area contributed by atoms with E-state index in [1.54, 1.807) is 12.1 Å². The molecule has 0 unspecified atom stereocenters. The monoisotopic (exact) mass is 330 g/mol. The molecule has 0 aliphatic heterocycles. The molecular weight excluding hydrogens is 308 g/mol. The molecule has 0 bridgehead atoms. The predicted octanol–water partition coefficient (Wildman–Crippen LogP) is 4.67. The van der Waals surface area contributed by atoms with Crippen molar-refractivity contribution < 1.29 is 10.2 Å². The van der Waals surface area contributed by atoms with Gasteiger partial charge in [-0.3, -0.25) is 0 Å². The van der Waals surface area contributed by atoms with Crippen LogP contribution in [-0.2, 0) is 25.7 Å². The van der Waals surface area contributed by atoms with Crippen LogP contribution in [-0.4, -0.2) is 10.2 Å². The van der Waals surface area contributed by atoms with Gasteiger partial charge in [0.05, 0.1) is 0 Å². The average Bonchev–Trinajstić information content (AvgIpc) is 2.92. The Balaban J connectivity index is 1.69. The summed E-state index contributed by atoms with van der Waals surface area (Å²) in [6, 6.07) is 23.8. The molecule has 25 heavy (non-hydrogen) atoms. The molecule has 2 N–H and O–H groups in total. The zero-order valence-electron chi connectivity index (χ0n) is 14.2. The SMILES string of the molecule is Oc1cccc(CC2(Cc3cccc(O)c3)Cc3ccccc3C2)c1. The first-order valence-electron chi connectivity index (χ1n) is 8.75. The summed E-state index contributed by atoms with van der Waals surface area (Å²) in [6.45, 7) is 0. The second-order valence-electron chi connectivity index (χ2n) is 7.32. The molecule has 1 aliphatic rings. The minimum atomic E-state index is 0.0747. The van der Waals surface area contributed by atoms with E-state index < -0.39 is 0 Å². The summed E-state index contributed by atoms with van der Waals surface area (Å²) in [5.74, 6) is 0.640.